The Morgan fingerprint density at radius 3 is 2.85 bits per heavy atom. The normalized spacial score (nSPS) is 21.6. The molecule has 0 bridgehead atoms. The van der Waals surface area contributed by atoms with Crippen LogP contribution in [0.15, 0.2) is 24.3 Å². The van der Waals surface area contributed by atoms with Gasteiger partial charge in [-0.2, -0.15) is 0 Å². The Balaban J connectivity index is 1.39. The first-order valence-electron chi connectivity index (χ1n) is 9.80. The predicted octanol–water partition coefficient (Wildman–Crippen LogP) is 3.06. The molecule has 5 nitrogen and oxygen atoms in total. The van der Waals surface area contributed by atoms with Crippen molar-refractivity contribution in [3.63, 3.8) is 0 Å². The van der Waals surface area contributed by atoms with Crippen molar-refractivity contribution in [1.82, 2.24) is 15.2 Å². The van der Waals surface area contributed by atoms with Crippen LogP contribution in [-0.2, 0) is 4.74 Å². The first-order chi connectivity index (χ1) is 13.1. The zero-order valence-electron chi connectivity index (χ0n) is 15.7. The molecule has 2 aliphatic rings. The largest absolute Gasteiger partial charge is 0.377 e. The Morgan fingerprint density at radius 1 is 1.30 bits per heavy atom. The molecule has 1 N–H and O–H groups in total. The summed E-state index contributed by atoms with van der Waals surface area (Å²) in [5.74, 6) is -0.444. The maximum Gasteiger partial charge on any atom is 0.252 e. The van der Waals surface area contributed by atoms with Crippen molar-refractivity contribution in [3.05, 3.63) is 41.3 Å². The van der Waals surface area contributed by atoms with E-state index in [1.165, 1.54) is 18.6 Å². The number of hydrogen-bond donors (Lipinski definition) is 1. The summed E-state index contributed by atoms with van der Waals surface area (Å²) in [6.45, 7) is 5.67. The molecule has 1 unspecified atom stereocenters. The van der Waals surface area contributed by atoms with Crippen LogP contribution < -0.4 is 5.32 Å². The van der Waals surface area contributed by atoms with Gasteiger partial charge in [-0.05, 0) is 50.8 Å². The Bertz CT molecular complexity index is 822. The van der Waals surface area contributed by atoms with Gasteiger partial charge in [0.25, 0.3) is 5.91 Å². The summed E-state index contributed by atoms with van der Waals surface area (Å²) in [6, 6.07) is 6.34. The van der Waals surface area contributed by atoms with Crippen LogP contribution in [-0.4, -0.2) is 54.2 Å². The number of halogens is 1. The second-order valence-electron chi connectivity index (χ2n) is 7.66. The van der Waals surface area contributed by atoms with E-state index >= 15 is 0 Å². The molecule has 0 spiro atoms. The van der Waals surface area contributed by atoms with E-state index in [-0.39, 0.29) is 17.8 Å². The number of pyridine rings is 1. The lowest BCUT2D eigenvalue weighted by atomic mass is 10.0. The number of piperidine rings is 1. The summed E-state index contributed by atoms with van der Waals surface area (Å²) in [7, 11) is 0. The highest BCUT2D eigenvalue weighted by molar-refractivity contribution is 6.06. The number of nitrogens with one attached hydrogen (secondary N) is 1. The molecular formula is C21H26FN3O2. The number of amides is 1. The van der Waals surface area contributed by atoms with E-state index in [4.69, 9.17) is 4.74 Å². The van der Waals surface area contributed by atoms with E-state index in [2.05, 4.69) is 15.2 Å². The minimum atomic E-state index is -0.342. The van der Waals surface area contributed by atoms with Crippen LogP contribution in [0.25, 0.3) is 10.9 Å². The lowest BCUT2D eigenvalue weighted by Gasteiger charge is -2.33. The number of likely N-dealkylation sites (tertiary alicyclic amines) is 1. The first-order valence-corrected chi connectivity index (χ1v) is 9.80. The zero-order chi connectivity index (χ0) is 18.8. The average Bonchev–Trinajstić information content (AvgIpc) is 3.15. The van der Waals surface area contributed by atoms with Gasteiger partial charge in [0, 0.05) is 49.4 Å². The molecule has 144 valence electrons. The second kappa shape index (κ2) is 7.90. The van der Waals surface area contributed by atoms with Crippen LogP contribution in [0.3, 0.4) is 0 Å². The zero-order valence-corrected chi connectivity index (χ0v) is 15.7. The van der Waals surface area contributed by atoms with Crippen molar-refractivity contribution in [2.24, 2.45) is 0 Å². The highest BCUT2D eigenvalue weighted by Gasteiger charge is 2.25. The van der Waals surface area contributed by atoms with Crippen molar-refractivity contribution in [3.8, 4) is 0 Å². The van der Waals surface area contributed by atoms with Crippen molar-refractivity contribution in [2.45, 2.75) is 44.8 Å². The molecule has 2 aliphatic heterocycles. The van der Waals surface area contributed by atoms with E-state index in [9.17, 15) is 9.18 Å². The summed E-state index contributed by atoms with van der Waals surface area (Å²) in [4.78, 5) is 19.6. The lowest BCUT2D eigenvalue weighted by Crippen LogP contribution is -2.46. The number of ether oxygens (including phenoxy) is 1. The molecule has 0 radical (unpaired) electrons. The van der Waals surface area contributed by atoms with Crippen LogP contribution in [0.4, 0.5) is 4.39 Å². The number of carbonyl (C=O) groups is 1. The van der Waals surface area contributed by atoms with Crippen LogP contribution in [0.1, 0.15) is 41.7 Å². The highest BCUT2D eigenvalue weighted by atomic mass is 19.1. The van der Waals surface area contributed by atoms with Crippen molar-refractivity contribution < 1.29 is 13.9 Å². The van der Waals surface area contributed by atoms with Crippen LogP contribution in [0.2, 0.25) is 0 Å². The molecule has 27 heavy (non-hydrogen) atoms. The fourth-order valence-corrected chi connectivity index (χ4v) is 4.12. The maximum absolute atomic E-state index is 13.5. The molecule has 0 aliphatic carbocycles. The molecule has 1 aromatic carbocycles. The van der Waals surface area contributed by atoms with Gasteiger partial charge in [-0.3, -0.25) is 9.78 Å². The fraction of sp³-hybridized carbons (Fsp3) is 0.524. The average molecular weight is 371 g/mol. The number of fused-ring (bicyclic) bond motifs is 1. The number of hydrogen-bond acceptors (Lipinski definition) is 4. The molecule has 1 aromatic heterocycles. The van der Waals surface area contributed by atoms with Crippen LogP contribution in [0.5, 0.6) is 0 Å². The molecule has 2 fully saturated rings. The number of rotatable bonds is 4. The maximum atomic E-state index is 13.5. The molecule has 1 amide bonds. The van der Waals surface area contributed by atoms with Gasteiger partial charge in [0.15, 0.2) is 0 Å². The SMILES string of the molecule is Cc1cc(C(=O)NC2CCN(CC3CCCO3)CC2)c2ccc(F)cc2n1. The number of nitrogens with zero attached hydrogens (tertiary/aromatic N) is 2. The number of aryl methyl sites for hydroxylation is 1. The number of aromatic nitrogens is 1. The predicted molar refractivity (Wildman–Crippen MR) is 102 cm³/mol. The minimum absolute atomic E-state index is 0.102. The Hall–Kier alpha value is -2.05. The van der Waals surface area contributed by atoms with Crippen molar-refractivity contribution >= 4 is 16.8 Å². The van der Waals surface area contributed by atoms with Gasteiger partial charge in [0.05, 0.1) is 17.2 Å². The Kier molecular flexibility index (Phi) is 5.36. The lowest BCUT2D eigenvalue weighted by molar-refractivity contribution is 0.0613. The van der Waals surface area contributed by atoms with Gasteiger partial charge in [-0.1, -0.05) is 0 Å². The summed E-state index contributed by atoms with van der Waals surface area (Å²) >= 11 is 0. The van der Waals surface area contributed by atoms with Crippen molar-refractivity contribution in [2.75, 3.05) is 26.2 Å². The van der Waals surface area contributed by atoms with E-state index < -0.39 is 0 Å². The van der Waals surface area contributed by atoms with E-state index in [0.29, 0.717) is 28.3 Å². The molecule has 6 heteroatoms. The molecule has 3 heterocycles. The van der Waals surface area contributed by atoms with Crippen molar-refractivity contribution in [1.29, 1.82) is 0 Å². The minimum Gasteiger partial charge on any atom is -0.377 e. The van der Waals surface area contributed by atoms with Gasteiger partial charge in [0.2, 0.25) is 0 Å². The summed E-state index contributed by atoms with van der Waals surface area (Å²) in [5.41, 5.74) is 1.80. The first kappa shape index (κ1) is 18.3. The highest BCUT2D eigenvalue weighted by Crippen LogP contribution is 2.21. The molecule has 2 saturated heterocycles. The van der Waals surface area contributed by atoms with Gasteiger partial charge in [-0.15, -0.1) is 0 Å². The molecule has 2 aromatic rings. The standard InChI is InChI=1S/C21H26FN3O2/c1-14-11-19(18-5-4-15(22)12-20(18)23-14)21(26)24-16-6-8-25(9-7-16)13-17-3-2-10-27-17/h4-5,11-12,16-17H,2-3,6-10,13H2,1H3,(H,24,26). The Labute approximate surface area is 158 Å². The van der Waals surface area contributed by atoms with Crippen LogP contribution >= 0.6 is 0 Å². The van der Waals surface area contributed by atoms with E-state index in [0.717, 1.165) is 45.5 Å². The smallest absolute Gasteiger partial charge is 0.252 e. The summed E-state index contributed by atoms with van der Waals surface area (Å²) < 4.78 is 19.2. The van der Waals surface area contributed by atoms with Gasteiger partial charge in [0.1, 0.15) is 5.82 Å². The molecule has 1 atom stereocenters. The Morgan fingerprint density at radius 2 is 2.11 bits per heavy atom. The third kappa shape index (κ3) is 4.28. The summed E-state index contributed by atoms with van der Waals surface area (Å²) in [6.07, 6.45) is 4.58. The quantitative estimate of drug-likeness (QED) is 0.898. The summed E-state index contributed by atoms with van der Waals surface area (Å²) in [5, 5.41) is 3.86. The third-order valence-electron chi connectivity index (χ3n) is 5.55. The second-order valence-corrected chi connectivity index (χ2v) is 7.66. The fourth-order valence-electron chi connectivity index (χ4n) is 4.12. The van der Waals surface area contributed by atoms with Gasteiger partial charge in [-0.25, -0.2) is 4.39 Å². The van der Waals surface area contributed by atoms with E-state index in [1.54, 1.807) is 12.1 Å². The number of benzene rings is 1. The molecule has 0 saturated carbocycles. The third-order valence-corrected chi connectivity index (χ3v) is 5.55. The topological polar surface area (TPSA) is 54.5 Å². The van der Waals surface area contributed by atoms with E-state index in [1.807, 2.05) is 6.92 Å². The number of carbonyl (C=O) groups excluding carboxylic acids is 1. The molecule has 4 rings (SSSR count). The molecular weight excluding hydrogens is 345 g/mol. The monoisotopic (exact) mass is 371 g/mol. The van der Waals surface area contributed by atoms with Gasteiger partial charge >= 0.3 is 0 Å². The van der Waals surface area contributed by atoms with Gasteiger partial charge < -0.3 is 15.0 Å². The van der Waals surface area contributed by atoms with Crippen LogP contribution in [0, 0.1) is 12.7 Å².